The number of hydrogen-bond donors (Lipinski definition) is 0. The molecular formula is C12H12Cl2N2O2. The Balaban J connectivity index is 2.15. The largest absolute Gasteiger partial charge is 0.338 e. The normalized spacial score (nSPS) is 16.7. The molecule has 1 aromatic carbocycles. The molecule has 2 rings (SSSR count). The van der Waals surface area contributed by atoms with Crippen LogP contribution >= 0.6 is 23.2 Å². The molecule has 1 aliphatic heterocycles. The minimum atomic E-state index is -0.185. The molecule has 1 aliphatic rings. The van der Waals surface area contributed by atoms with E-state index in [2.05, 4.69) is 5.18 Å². The van der Waals surface area contributed by atoms with Gasteiger partial charge in [-0.15, -0.1) is 0 Å². The highest BCUT2D eigenvalue weighted by molar-refractivity contribution is 6.39. The van der Waals surface area contributed by atoms with Gasteiger partial charge in [-0.3, -0.25) is 4.79 Å². The molecule has 0 bridgehead atoms. The Morgan fingerprint density at radius 3 is 2.28 bits per heavy atom. The van der Waals surface area contributed by atoms with Gasteiger partial charge in [0.25, 0.3) is 5.91 Å². The molecule has 96 valence electrons. The molecule has 0 N–H and O–H groups in total. The molecule has 1 aromatic rings. The van der Waals surface area contributed by atoms with E-state index in [1.54, 1.807) is 23.1 Å². The van der Waals surface area contributed by atoms with E-state index in [0.717, 1.165) is 0 Å². The standard InChI is InChI=1S/C12H12Cl2N2O2/c13-9-2-1-3-10(14)11(9)12(17)16-6-4-8(15-18)5-7-16/h1-3,8H,4-7H2. The smallest absolute Gasteiger partial charge is 0.256 e. The SMILES string of the molecule is O=NC1CCN(C(=O)c2c(Cl)cccc2Cl)CC1. The number of carbonyl (C=O) groups excluding carboxylic acids is 1. The molecule has 0 aromatic heterocycles. The van der Waals surface area contributed by atoms with E-state index < -0.39 is 0 Å². The highest BCUT2D eigenvalue weighted by atomic mass is 35.5. The third-order valence-electron chi connectivity index (χ3n) is 3.08. The van der Waals surface area contributed by atoms with Crippen LogP contribution in [0.15, 0.2) is 23.4 Å². The minimum absolute atomic E-state index is 0.184. The van der Waals surface area contributed by atoms with Crippen molar-refractivity contribution in [1.82, 2.24) is 4.90 Å². The monoisotopic (exact) mass is 286 g/mol. The number of piperidine rings is 1. The van der Waals surface area contributed by atoms with Gasteiger partial charge < -0.3 is 4.90 Å². The zero-order chi connectivity index (χ0) is 13.1. The second-order valence-corrected chi connectivity index (χ2v) is 5.04. The van der Waals surface area contributed by atoms with Crippen LogP contribution < -0.4 is 0 Å². The number of benzene rings is 1. The van der Waals surface area contributed by atoms with Gasteiger partial charge in [0, 0.05) is 13.1 Å². The summed E-state index contributed by atoms with van der Waals surface area (Å²) in [6, 6.07) is 4.79. The summed E-state index contributed by atoms with van der Waals surface area (Å²) < 4.78 is 0. The first-order chi connectivity index (χ1) is 8.63. The van der Waals surface area contributed by atoms with Crippen molar-refractivity contribution < 1.29 is 4.79 Å². The molecule has 1 fully saturated rings. The van der Waals surface area contributed by atoms with E-state index in [9.17, 15) is 9.70 Å². The third-order valence-corrected chi connectivity index (χ3v) is 3.71. The summed E-state index contributed by atoms with van der Waals surface area (Å²) in [6.45, 7) is 1.02. The van der Waals surface area contributed by atoms with Crippen LogP contribution in [0.5, 0.6) is 0 Å². The summed E-state index contributed by atoms with van der Waals surface area (Å²) in [4.78, 5) is 24.4. The van der Waals surface area contributed by atoms with E-state index in [1.807, 2.05) is 0 Å². The number of halogens is 2. The fraction of sp³-hybridized carbons (Fsp3) is 0.417. The summed E-state index contributed by atoms with van der Waals surface area (Å²) in [5.74, 6) is -0.185. The summed E-state index contributed by atoms with van der Waals surface area (Å²) in [5.41, 5.74) is 0.332. The Labute approximate surface area is 115 Å². The number of likely N-dealkylation sites (tertiary alicyclic amines) is 1. The lowest BCUT2D eigenvalue weighted by Gasteiger charge is -2.29. The molecule has 4 nitrogen and oxygen atoms in total. The van der Waals surface area contributed by atoms with Gasteiger partial charge in [-0.1, -0.05) is 34.4 Å². The van der Waals surface area contributed by atoms with E-state index in [-0.39, 0.29) is 11.9 Å². The molecule has 0 spiro atoms. The second-order valence-electron chi connectivity index (χ2n) is 4.23. The predicted octanol–water partition coefficient (Wildman–Crippen LogP) is 3.36. The summed E-state index contributed by atoms with van der Waals surface area (Å²) in [6.07, 6.45) is 1.19. The number of rotatable bonds is 2. The van der Waals surface area contributed by atoms with Gasteiger partial charge in [-0.2, -0.15) is 4.91 Å². The molecule has 1 amide bonds. The van der Waals surface area contributed by atoms with E-state index >= 15 is 0 Å². The molecule has 0 aliphatic carbocycles. The zero-order valence-electron chi connectivity index (χ0n) is 9.60. The topological polar surface area (TPSA) is 49.7 Å². The van der Waals surface area contributed by atoms with Gasteiger partial charge in [0.15, 0.2) is 0 Å². The van der Waals surface area contributed by atoms with Crippen LogP contribution in [0.1, 0.15) is 23.2 Å². The van der Waals surface area contributed by atoms with Gasteiger partial charge in [0.05, 0.1) is 21.7 Å². The lowest BCUT2D eigenvalue weighted by Crippen LogP contribution is -2.39. The van der Waals surface area contributed by atoms with Crippen LogP contribution in [0, 0.1) is 4.91 Å². The maximum Gasteiger partial charge on any atom is 0.256 e. The number of hydrogen-bond acceptors (Lipinski definition) is 3. The Kier molecular flexibility index (Phi) is 4.19. The summed E-state index contributed by atoms with van der Waals surface area (Å²) in [7, 11) is 0. The van der Waals surface area contributed by atoms with Gasteiger partial charge >= 0.3 is 0 Å². The van der Waals surface area contributed by atoms with Crippen molar-refractivity contribution >= 4 is 29.1 Å². The van der Waals surface area contributed by atoms with E-state index in [1.165, 1.54) is 0 Å². The Hall–Kier alpha value is -1.13. The van der Waals surface area contributed by atoms with Crippen molar-refractivity contribution in [2.24, 2.45) is 5.18 Å². The molecule has 0 radical (unpaired) electrons. The first-order valence-electron chi connectivity index (χ1n) is 5.69. The van der Waals surface area contributed by atoms with E-state index in [0.29, 0.717) is 41.5 Å². The van der Waals surface area contributed by atoms with Crippen LogP contribution in [-0.4, -0.2) is 29.9 Å². The van der Waals surface area contributed by atoms with Gasteiger partial charge in [0.1, 0.15) is 0 Å². The van der Waals surface area contributed by atoms with Crippen LogP contribution in [-0.2, 0) is 0 Å². The fourth-order valence-corrected chi connectivity index (χ4v) is 2.59. The summed E-state index contributed by atoms with van der Waals surface area (Å²) in [5, 5.41) is 3.71. The lowest BCUT2D eigenvalue weighted by atomic mass is 10.0. The third kappa shape index (κ3) is 2.65. The van der Waals surface area contributed by atoms with Crippen LogP contribution in [0.2, 0.25) is 10.0 Å². The van der Waals surface area contributed by atoms with Crippen molar-refractivity contribution in [3.63, 3.8) is 0 Å². The highest BCUT2D eigenvalue weighted by Gasteiger charge is 2.26. The lowest BCUT2D eigenvalue weighted by molar-refractivity contribution is 0.0715. The van der Waals surface area contributed by atoms with Crippen molar-refractivity contribution in [2.75, 3.05) is 13.1 Å². The van der Waals surface area contributed by atoms with Crippen molar-refractivity contribution in [3.8, 4) is 0 Å². The Morgan fingerprint density at radius 1 is 1.22 bits per heavy atom. The fourth-order valence-electron chi connectivity index (χ4n) is 2.03. The molecule has 0 unspecified atom stereocenters. The maximum atomic E-state index is 12.3. The van der Waals surface area contributed by atoms with Crippen molar-refractivity contribution in [3.05, 3.63) is 38.7 Å². The van der Waals surface area contributed by atoms with Crippen molar-refractivity contribution in [1.29, 1.82) is 0 Å². The predicted molar refractivity (Wildman–Crippen MR) is 71.2 cm³/mol. The Bertz CT molecular complexity index is 451. The number of nitrogens with zero attached hydrogens (tertiary/aromatic N) is 2. The number of amides is 1. The average molecular weight is 287 g/mol. The summed E-state index contributed by atoms with van der Waals surface area (Å²) >= 11 is 12.0. The van der Waals surface area contributed by atoms with E-state index in [4.69, 9.17) is 23.2 Å². The van der Waals surface area contributed by atoms with Gasteiger partial charge in [0.2, 0.25) is 0 Å². The maximum absolute atomic E-state index is 12.3. The first-order valence-corrected chi connectivity index (χ1v) is 6.45. The highest BCUT2D eigenvalue weighted by Crippen LogP contribution is 2.27. The van der Waals surface area contributed by atoms with Crippen molar-refractivity contribution in [2.45, 2.75) is 18.9 Å². The molecule has 0 saturated carbocycles. The quantitative estimate of drug-likeness (QED) is 0.783. The molecule has 6 heteroatoms. The molecule has 1 saturated heterocycles. The van der Waals surface area contributed by atoms with Gasteiger partial charge in [-0.25, -0.2) is 0 Å². The first kappa shape index (κ1) is 13.3. The minimum Gasteiger partial charge on any atom is -0.338 e. The number of carbonyl (C=O) groups is 1. The molecule has 18 heavy (non-hydrogen) atoms. The van der Waals surface area contributed by atoms with Crippen LogP contribution in [0.3, 0.4) is 0 Å². The molecule has 0 atom stereocenters. The second kappa shape index (κ2) is 5.67. The van der Waals surface area contributed by atoms with Crippen LogP contribution in [0.4, 0.5) is 0 Å². The zero-order valence-corrected chi connectivity index (χ0v) is 11.1. The van der Waals surface area contributed by atoms with Gasteiger partial charge in [-0.05, 0) is 25.0 Å². The number of nitroso groups, excluding NO2 is 1. The van der Waals surface area contributed by atoms with Crippen LogP contribution in [0.25, 0.3) is 0 Å². The average Bonchev–Trinajstić information content (AvgIpc) is 2.38. The molecule has 1 heterocycles. The Morgan fingerprint density at radius 2 is 1.78 bits per heavy atom. The molecular weight excluding hydrogens is 275 g/mol.